The quantitative estimate of drug-likeness (QED) is 0.292. The molecule has 0 spiro atoms. The third kappa shape index (κ3) is 4.67. The Hall–Kier alpha value is 0.270. The Bertz CT molecular complexity index is 378. The number of carbonyl (C=O) groups excluding carboxylic acids is 1. The average Bonchev–Trinajstić information content (AvgIpc) is 2.14. The standard InChI is InChI=1S/C6H12O7.Na/c7-1-2(8)3(9)4(10)5(11)6(12)13;/h2-5,7-11H,1H2,(H,12,13);/q;+1/p-1/t2-,3-,4+,5-;/m1./s1/i1D2,2D,3D,4D,5D;. The van der Waals surface area contributed by atoms with Crippen LogP contribution in [0.4, 0.5) is 0 Å². The normalized spacial score (nSPS) is 35.2. The molecule has 0 radical (unpaired) electrons. The maximum absolute atomic E-state index is 10.4. The van der Waals surface area contributed by atoms with E-state index >= 15 is 0 Å². The summed E-state index contributed by atoms with van der Waals surface area (Å²) in [4.78, 5) is 10.4. The monoisotopic (exact) mass is 224 g/mol. The van der Waals surface area contributed by atoms with Gasteiger partial charge in [-0.15, -0.1) is 0 Å². The summed E-state index contributed by atoms with van der Waals surface area (Å²) in [5.74, 6) is -2.87. The van der Waals surface area contributed by atoms with Gasteiger partial charge in [0.15, 0.2) is 0 Å². The molecule has 0 fully saturated rings. The molecule has 5 N–H and O–H groups in total. The molecule has 78 valence electrons. The average molecular weight is 224 g/mol. The maximum atomic E-state index is 10.4. The summed E-state index contributed by atoms with van der Waals surface area (Å²) < 4.78 is 40.6. The van der Waals surface area contributed by atoms with Gasteiger partial charge in [0.25, 0.3) is 0 Å². The van der Waals surface area contributed by atoms with Gasteiger partial charge in [-0.25, -0.2) is 0 Å². The minimum absolute atomic E-state index is 0. The topological polar surface area (TPSA) is 141 Å². The molecule has 0 heterocycles. The molecule has 0 bridgehead atoms. The zero-order valence-electron chi connectivity index (χ0n) is 13.1. The van der Waals surface area contributed by atoms with E-state index in [4.69, 9.17) is 18.4 Å². The molecule has 0 saturated heterocycles. The van der Waals surface area contributed by atoms with Crippen molar-refractivity contribution < 1.29 is 73.2 Å². The van der Waals surface area contributed by atoms with E-state index < -0.39 is 36.8 Å². The predicted octanol–water partition coefficient (Wildman–Crippen LogP) is -7.82. The number of carboxylic acids is 1. The third-order valence-electron chi connectivity index (χ3n) is 0.972. The maximum Gasteiger partial charge on any atom is 1.00 e. The van der Waals surface area contributed by atoms with Crippen LogP contribution in [0.3, 0.4) is 0 Å². The van der Waals surface area contributed by atoms with Gasteiger partial charge in [0.05, 0.1) is 20.8 Å². The Morgan fingerprint density at radius 2 is 1.79 bits per heavy atom. The first kappa shape index (κ1) is 7.53. The van der Waals surface area contributed by atoms with Gasteiger partial charge in [-0.05, 0) is 0 Å². The predicted molar refractivity (Wildman–Crippen MR) is 36.1 cm³/mol. The van der Waals surface area contributed by atoms with Gasteiger partial charge in [0.2, 0.25) is 0 Å². The van der Waals surface area contributed by atoms with Crippen LogP contribution in [0.2, 0.25) is 0 Å². The number of rotatable bonds is 5. The first-order valence-corrected chi connectivity index (χ1v) is 2.78. The molecular weight excluding hydrogens is 207 g/mol. The van der Waals surface area contributed by atoms with Crippen molar-refractivity contribution in [1.29, 1.82) is 0 Å². The second-order valence-electron chi connectivity index (χ2n) is 1.79. The minimum atomic E-state index is -4.55. The van der Waals surface area contributed by atoms with Gasteiger partial charge >= 0.3 is 29.6 Å². The first-order valence-electron chi connectivity index (χ1n) is 5.78. The number of aliphatic carboxylic acids is 1. The van der Waals surface area contributed by atoms with Gasteiger partial charge < -0.3 is 35.4 Å². The molecule has 0 rings (SSSR count). The van der Waals surface area contributed by atoms with Gasteiger partial charge in [0, 0.05) is 0 Å². The molecule has 0 aromatic rings. The van der Waals surface area contributed by atoms with Crippen LogP contribution in [0.15, 0.2) is 0 Å². The summed E-state index contributed by atoms with van der Waals surface area (Å²) in [6.45, 7) is -4.11. The number of hydrogen-bond donors (Lipinski definition) is 5. The zero-order valence-corrected chi connectivity index (χ0v) is 9.05. The third-order valence-corrected chi connectivity index (χ3v) is 0.972. The zero-order chi connectivity index (χ0) is 16.1. The Balaban J connectivity index is 0. The molecule has 0 aliphatic heterocycles. The molecule has 14 heavy (non-hydrogen) atoms. The molecule has 0 aliphatic rings. The first-order chi connectivity index (χ1) is 7.94. The van der Waals surface area contributed by atoms with Crippen LogP contribution < -0.4 is 34.7 Å². The molecular formula is C6H11NaO7. The Morgan fingerprint density at radius 3 is 2.07 bits per heavy atom. The minimum Gasteiger partial charge on any atom is -0.547 e. The largest absolute Gasteiger partial charge is 1.00 e. The molecule has 0 saturated carbocycles. The van der Waals surface area contributed by atoms with Crippen LogP contribution in [0.1, 0.15) is 8.22 Å². The van der Waals surface area contributed by atoms with Crippen molar-refractivity contribution in [3.63, 3.8) is 0 Å². The van der Waals surface area contributed by atoms with Gasteiger partial charge in [0.1, 0.15) is 24.3 Å². The fourth-order valence-electron chi connectivity index (χ4n) is 0.374. The van der Waals surface area contributed by atoms with Crippen molar-refractivity contribution in [3.05, 3.63) is 0 Å². The fraction of sp³-hybridized carbons (Fsp3) is 0.833. The Morgan fingerprint density at radius 1 is 1.36 bits per heavy atom. The van der Waals surface area contributed by atoms with Crippen LogP contribution in [0, 0.1) is 0 Å². The fourth-order valence-corrected chi connectivity index (χ4v) is 0.374. The molecule has 0 unspecified atom stereocenters. The van der Waals surface area contributed by atoms with Crippen LogP contribution >= 0.6 is 0 Å². The van der Waals surface area contributed by atoms with Crippen LogP contribution in [0.5, 0.6) is 0 Å². The van der Waals surface area contributed by atoms with Crippen molar-refractivity contribution in [2.75, 3.05) is 6.56 Å². The van der Waals surface area contributed by atoms with Crippen molar-refractivity contribution in [3.8, 4) is 0 Å². The van der Waals surface area contributed by atoms with E-state index in [9.17, 15) is 25.2 Å². The van der Waals surface area contributed by atoms with Crippen molar-refractivity contribution in [1.82, 2.24) is 0 Å². The number of hydrogen-bond acceptors (Lipinski definition) is 7. The summed E-state index contributed by atoms with van der Waals surface area (Å²) >= 11 is 0. The molecule has 0 aromatic heterocycles. The van der Waals surface area contributed by atoms with E-state index in [1.807, 2.05) is 0 Å². The Labute approximate surface area is 110 Å². The Kier molecular flexibility index (Phi) is 4.06. The number of carboxylic acid groups (broad SMARTS) is 1. The number of carbonyl (C=O) groups is 1. The van der Waals surface area contributed by atoms with E-state index in [2.05, 4.69) is 0 Å². The van der Waals surface area contributed by atoms with Crippen molar-refractivity contribution >= 4 is 5.97 Å². The van der Waals surface area contributed by atoms with E-state index in [1.165, 1.54) is 0 Å². The van der Waals surface area contributed by atoms with E-state index in [0.29, 0.717) is 0 Å². The summed E-state index contributed by atoms with van der Waals surface area (Å²) in [6, 6.07) is 0. The molecule has 0 aliphatic carbocycles. The molecule has 8 heteroatoms. The second kappa shape index (κ2) is 7.55. The molecule has 7 nitrogen and oxygen atoms in total. The van der Waals surface area contributed by atoms with Crippen molar-refractivity contribution in [2.24, 2.45) is 0 Å². The second-order valence-corrected chi connectivity index (χ2v) is 1.79. The van der Waals surface area contributed by atoms with Crippen LogP contribution in [-0.2, 0) is 4.79 Å². The summed E-state index contributed by atoms with van der Waals surface area (Å²) in [5, 5.41) is 55.8. The van der Waals surface area contributed by atoms with Gasteiger partial charge in [-0.1, -0.05) is 0 Å². The van der Waals surface area contributed by atoms with Gasteiger partial charge in [-0.3, -0.25) is 0 Å². The number of aliphatic hydroxyl groups is 5. The van der Waals surface area contributed by atoms with Crippen molar-refractivity contribution in [2.45, 2.75) is 24.3 Å². The van der Waals surface area contributed by atoms with Crippen LogP contribution in [-0.4, -0.2) is 62.4 Å². The van der Waals surface area contributed by atoms with Gasteiger partial charge in [-0.2, -0.15) is 0 Å². The van der Waals surface area contributed by atoms with E-state index in [-0.39, 0.29) is 29.6 Å². The van der Waals surface area contributed by atoms with Crippen LogP contribution in [0.25, 0.3) is 0 Å². The van der Waals surface area contributed by atoms with E-state index in [1.54, 1.807) is 0 Å². The molecule has 4 atom stereocenters. The summed E-state index contributed by atoms with van der Waals surface area (Å²) in [7, 11) is 0. The smallest absolute Gasteiger partial charge is 0.547 e. The molecule has 0 aromatic carbocycles. The van der Waals surface area contributed by atoms with E-state index in [0.717, 1.165) is 0 Å². The summed E-state index contributed by atoms with van der Waals surface area (Å²) in [6.07, 6.45) is -17.9. The summed E-state index contributed by atoms with van der Waals surface area (Å²) in [5.41, 5.74) is 0. The SMILES string of the molecule is [2H]C([2H])(O)[C@@]([2H])(O)[C@@]([2H])(O)[C@]([2H])(O)[C@@]([2H])(O)C(=O)[O-].[Na+]. The molecule has 0 amide bonds.